The quantitative estimate of drug-likeness (QED) is 0.311. The van der Waals surface area contributed by atoms with Crippen LogP contribution >= 0.6 is 0 Å². The van der Waals surface area contributed by atoms with E-state index in [-0.39, 0.29) is 23.6 Å². The third kappa shape index (κ3) is 8.46. The standard InChI is InChI=1S/C27H28N4O6/c1-27(2,3)37-26(35)31-23(30-25(34)36-17-18-10-5-4-6-11-18)24(33)29-21-14-8-7-13-20(21)22(32)19-12-9-15-28-16-19/h4-16,23H,17H2,1-3H3,(H,29,33)(H,30,34)(H,31,35). The average Bonchev–Trinajstić information content (AvgIpc) is 2.87. The number of amides is 3. The molecule has 0 aliphatic carbocycles. The second-order valence-corrected chi connectivity index (χ2v) is 8.89. The molecule has 3 amide bonds. The molecule has 0 saturated carbocycles. The summed E-state index contributed by atoms with van der Waals surface area (Å²) >= 11 is 0. The number of hydrogen-bond donors (Lipinski definition) is 3. The first kappa shape index (κ1) is 26.9. The molecule has 2 aromatic carbocycles. The molecule has 3 N–H and O–H groups in total. The van der Waals surface area contributed by atoms with Gasteiger partial charge in [-0.05, 0) is 50.6 Å². The maximum absolute atomic E-state index is 13.2. The minimum absolute atomic E-state index is 0.0457. The highest BCUT2D eigenvalue weighted by Gasteiger charge is 2.27. The number of hydrogen-bond acceptors (Lipinski definition) is 7. The summed E-state index contributed by atoms with van der Waals surface area (Å²) in [5.74, 6) is -1.19. The summed E-state index contributed by atoms with van der Waals surface area (Å²) in [6.07, 6.45) is -0.493. The Hall–Kier alpha value is -4.73. The van der Waals surface area contributed by atoms with Crippen molar-refractivity contribution in [2.24, 2.45) is 0 Å². The van der Waals surface area contributed by atoms with E-state index in [1.165, 1.54) is 12.3 Å². The molecule has 3 rings (SSSR count). The molecule has 192 valence electrons. The summed E-state index contributed by atoms with van der Waals surface area (Å²) in [5, 5.41) is 7.24. The van der Waals surface area contributed by atoms with Gasteiger partial charge in [-0.2, -0.15) is 0 Å². The van der Waals surface area contributed by atoms with E-state index < -0.39 is 29.9 Å². The molecule has 37 heavy (non-hydrogen) atoms. The second kappa shape index (κ2) is 12.3. The van der Waals surface area contributed by atoms with Crippen molar-refractivity contribution in [3.05, 3.63) is 95.8 Å². The zero-order valence-corrected chi connectivity index (χ0v) is 20.7. The molecule has 0 spiro atoms. The lowest BCUT2D eigenvalue weighted by atomic mass is 10.0. The van der Waals surface area contributed by atoms with Crippen LogP contribution in [-0.4, -0.2) is 40.6 Å². The Kier molecular flexibility index (Phi) is 8.93. The van der Waals surface area contributed by atoms with Gasteiger partial charge in [0.2, 0.25) is 0 Å². The van der Waals surface area contributed by atoms with Gasteiger partial charge in [0.15, 0.2) is 11.9 Å². The monoisotopic (exact) mass is 504 g/mol. The molecule has 0 saturated heterocycles. The number of aromatic nitrogens is 1. The lowest BCUT2D eigenvalue weighted by molar-refractivity contribution is -0.118. The van der Waals surface area contributed by atoms with E-state index >= 15 is 0 Å². The summed E-state index contributed by atoms with van der Waals surface area (Å²) in [6.45, 7) is 4.92. The zero-order valence-electron chi connectivity index (χ0n) is 20.7. The number of ether oxygens (including phenoxy) is 2. The molecule has 3 aromatic rings. The van der Waals surface area contributed by atoms with Crippen LogP contribution in [-0.2, 0) is 20.9 Å². The van der Waals surface area contributed by atoms with E-state index in [9.17, 15) is 19.2 Å². The number of carbonyl (C=O) groups is 4. The largest absolute Gasteiger partial charge is 0.445 e. The number of nitrogens with one attached hydrogen (secondary N) is 3. The van der Waals surface area contributed by atoms with Crippen molar-refractivity contribution < 1.29 is 28.7 Å². The SMILES string of the molecule is CC(C)(C)OC(=O)NC(NC(=O)OCc1ccccc1)C(=O)Nc1ccccc1C(=O)c1cccnc1. The number of rotatable bonds is 8. The van der Waals surface area contributed by atoms with Crippen LogP contribution in [0.3, 0.4) is 0 Å². The summed E-state index contributed by atoms with van der Waals surface area (Å²) in [7, 11) is 0. The van der Waals surface area contributed by atoms with Crippen molar-refractivity contribution in [2.75, 3.05) is 5.32 Å². The maximum atomic E-state index is 13.2. The average molecular weight is 505 g/mol. The van der Waals surface area contributed by atoms with Crippen LogP contribution < -0.4 is 16.0 Å². The number of para-hydroxylation sites is 1. The van der Waals surface area contributed by atoms with E-state index in [0.717, 1.165) is 5.56 Å². The van der Waals surface area contributed by atoms with Crippen LogP contribution in [0.1, 0.15) is 42.3 Å². The maximum Gasteiger partial charge on any atom is 0.409 e. The van der Waals surface area contributed by atoms with Crippen molar-refractivity contribution in [3.63, 3.8) is 0 Å². The molecular formula is C27H28N4O6. The van der Waals surface area contributed by atoms with Crippen molar-refractivity contribution in [1.82, 2.24) is 15.6 Å². The Labute approximate surface area is 214 Å². The van der Waals surface area contributed by atoms with Gasteiger partial charge < -0.3 is 14.8 Å². The van der Waals surface area contributed by atoms with Gasteiger partial charge in [0.25, 0.3) is 5.91 Å². The summed E-state index contributed by atoms with van der Waals surface area (Å²) < 4.78 is 10.4. The lowest BCUT2D eigenvalue weighted by Gasteiger charge is -2.24. The van der Waals surface area contributed by atoms with Crippen molar-refractivity contribution in [1.29, 1.82) is 0 Å². The number of ketones is 1. The smallest absolute Gasteiger partial charge is 0.409 e. The number of anilines is 1. The molecule has 0 aliphatic heterocycles. The van der Waals surface area contributed by atoms with Gasteiger partial charge in [0.1, 0.15) is 12.2 Å². The Morgan fingerprint density at radius 2 is 1.54 bits per heavy atom. The lowest BCUT2D eigenvalue weighted by Crippen LogP contribution is -2.55. The third-order valence-corrected chi connectivity index (χ3v) is 4.75. The van der Waals surface area contributed by atoms with Crippen LogP contribution in [0.15, 0.2) is 79.1 Å². The Morgan fingerprint density at radius 3 is 2.22 bits per heavy atom. The first-order valence-electron chi connectivity index (χ1n) is 11.4. The number of alkyl carbamates (subject to hydrolysis) is 2. The van der Waals surface area contributed by atoms with Crippen molar-refractivity contribution in [2.45, 2.75) is 39.1 Å². The molecule has 1 unspecified atom stereocenters. The first-order valence-corrected chi connectivity index (χ1v) is 11.4. The minimum atomic E-state index is -1.57. The molecular weight excluding hydrogens is 476 g/mol. The van der Waals surface area contributed by atoms with Crippen molar-refractivity contribution in [3.8, 4) is 0 Å². The van der Waals surface area contributed by atoms with Gasteiger partial charge in [0, 0.05) is 23.5 Å². The van der Waals surface area contributed by atoms with E-state index in [2.05, 4.69) is 20.9 Å². The van der Waals surface area contributed by atoms with E-state index in [1.54, 1.807) is 81.6 Å². The molecule has 1 atom stereocenters. The van der Waals surface area contributed by atoms with Gasteiger partial charge in [-0.3, -0.25) is 25.2 Å². The number of carbonyl (C=O) groups excluding carboxylic acids is 4. The highest BCUT2D eigenvalue weighted by atomic mass is 16.6. The van der Waals surface area contributed by atoms with Gasteiger partial charge >= 0.3 is 12.2 Å². The zero-order chi connectivity index (χ0) is 26.8. The second-order valence-electron chi connectivity index (χ2n) is 8.89. The molecule has 0 bridgehead atoms. The van der Waals surface area contributed by atoms with Crippen LogP contribution in [0.5, 0.6) is 0 Å². The van der Waals surface area contributed by atoms with E-state index in [4.69, 9.17) is 9.47 Å². The van der Waals surface area contributed by atoms with Crippen LogP contribution in [0.4, 0.5) is 15.3 Å². The van der Waals surface area contributed by atoms with Gasteiger partial charge in [-0.25, -0.2) is 9.59 Å². The van der Waals surface area contributed by atoms with Gasteiger partial charge in [-0.1, -0.05) is 42.5 Å². The molecule has 10 nitrogen and oxygen atoms in total. The minimum Gasteiger partial charge on any atom is -0.445 e. The molecule has 10 heteroatoms. The topological polar surface area (TPSA) is 136 Å². The predicted octanol–water partition coefficient (Wildman–Crippen LogP) is 4.03. The first-order chi connectivity index (χ1) is 17.6. The van der Waals surface area contributed by atoms with Crippen LogP contribution in [0, 0.1) is 0 Å². The molecule has 0 aliphatic rings. The molecule has 0 fully saturated rings. The predicted molar refractivity (Wildman–Crippen MR) is 136 cm³/mol. The summed E-state index contributed by atoms with van der Waals surface area (Å²) in [5.41, 5.74) is 0.599. The Morgan fingerprint density at radius 1 is 0.865 bits per heavy atom. The van der Waals surface area contributed by atoms with Crippen LogP contribution in [0.2, 0.25) is 0 Å². The molecule has 0 radical (unpaired) electrons. The normalized spacial score (nSPS) is 11.5. The van der Waals surface area contributed by atoms with E-state index in [0.29, 0.717) is 5.56 Å². The van der Waals surface area contributed by atoms with Crippen LogP contribution in [0.25, 0.3) is 0 Å². The van der Waals surface area contributed by atoms with Crippen molar-refractivity contribution >= 4 is 29.6 Å². The fraction of sp³-hybridized carbons (Fsp3) is 0.222. The Balaban J connectivity index is 1.76. The summed E-state index contributed by atoms with van der Waals surface area (Å²) in [6, 6.07) is 18.5. The number of pyridine rings is 1. The highest BCUT2D eigenvalue weighted by Crippen LogP contribution is 2.19. The molecule has 1 aromatic heterocycles. The van der Waals surface area contributed by atoms with Gasteiger partial charge in [0.05, 0.1) is 5.69 Å². The number of benzene rings is 2. The Bertz CT molecular complexity index is 1240. The molecule has 1 heterocycles. The third-order valence-electron chi connectivity index (χ3n) is 4.75. The fourth-order valence-electron chi connectivity index (χ4n) is 3.12. The van der Waals surface area contributed by atoms with Gasteiger partial charge in [-0.15, -0.1) is 0 Å². The van der Waals surface area contributed by atoms with E-state index in [1.807, 2.05) is 6.07 Å². The fourth-order valence-corrected chi connectivity index (χ4v) is 3.12. The summed E-state index contributed by atoms with van der Waals surface area (Å²) in [4.78, 5) is 54.9. The highest BCUT2D eigenvalue weighted by molar-refractivity contribution is 6.14. The number of nitrogens with zero attached hydrogens (tertiary/aromatic N) is 1.